The quantitative estimate of drug-likeness (QED) is 0.757. The van der Waals surface area contributed by atoms with E-state index in [4.69, 9.17) is 13.9 Å². The van der Waals surface area contributed by atoms with Crippen LogP contribution in [-0.2, 0) is 11.2 Å². The first-order valence-electron chi connectivity index (χ1n) is 9.04. The molecule has 4 rings (SSSR count). The predicted molar refractivity (Wildman–Crippen MR) is 92.9 cm³/mol. The monoisotopic (exact) mass is 357 g/mol. The number of aromatic nitrogens is 2. The van der Waals surface area contributed by atoms with E-state index in [1.54, 1.807) is 24.4 Å². The zero-order valence-corrected chi connectivity index (χ0v) is 14.8. The van der Waals surface area contributed by atoms with Crippen molar-refractivity contribution in [1.29, 1.82) is 0 Å². The predicted octanol–water partition coefficient (Wildman–Crippen LogP) is 2.33. The maximum atomic E-state index is 12.9. The molecule has 26 heavy (non-hydrogen) atoms. The second kappa shape index (κ2) is 7.45. The summed E-state index contributed by atoms with van der Waals surface area (Å²) in [6.07, 6.45) is 8.83. The lowest BCUT2D eigenvalue weighted by Crippen LogP contribution is -2.39. The average molecular weight is 357 g/mol. The lowest BCUT2D eigenvalue weighted by Gasteiger charge is -2.23. The first kappa shape index (κ1) is 17.0. The van der Waals surface area contributed by atoms with E-state index < -0.39 is 0 Å². The molecule has 1 amide bonds. The van der Waals surface area contributed by atoms with Crippen LogP contribution in [0.5, 0.6) is 5.75 Å². The van der Waals surface area contributed by atoms with Crippen molar-refractivity contribution in [2.75, 3.05) is 20.3 Å². The lowest BCUT2D eigenvalue weighted by molar-refractivity contribution is 0.0652. The topological polar surface area (TPSA) is 77.7 Å². The molecule has 2 aromatic rings. The Kier molecular flexibility index (Phi) is 4.88. The average Bonchev–Trinajstić information content (AvgIpc) is 3.20. The van der Waals surface area contributed by atoms with E-state index in [9.17, 15) is 4.79 Å². The molecule has 1 aliphatic carbocycles. The number of pyridine rings is 1. The Labute approximate surface area is 152 Å². The van der Waals surface area contributed by atoms with Gasteiger partial charge in [-0.15, -0.1) is 0 Å². The molecular weight excluding hydrogens is 334 g/mol. The Balaban J connectivity index is 1.42. The van der Waals surface area contributed by atoms with Crippen molar-refractivity contribution in [3.63, 3.8) is 0 Å². The molecule has 1 saturated heterocycles. The standard InChI is InChI=1S/C19H23N3O4/c1-24-16-8-14(11-25-15-3-2-6-20-9-15)22(10-16)19(23)17-12-26-18(21-17)7-13-4-5-13/h2-3,6,9,12-14,16H,4-5,7-8,10-11H2,1H3/t14-,16+/m0/s1. The number of methoxy groups -OCH3 is 1. The second-order valence-corrected chi connectivity index (χ2v) is 6.98. The van der Waals surface area contributed by atoms with Gasteiger partial charge in [0.15, 0.2) is 11.6 Å². The highest BCUT2D eigenvalue weighted by Crippen LogP contribution is 2.32. The van der Waals surface area contributed by atoms with Gasteiger partial charge >= 0.3 is 0 Å². The van der Waals surface area contributed by atoms with Crippen molar-refractivity contribution in [3.05, 3.63) is 42.4 Å². The lowest BCUT2D eigenvalue weighted by atomic mass is 10.2. The summed E-state index contributed by atoms with van der Waals surface area (Å²) in [6, 6.07) is 3.60. The van der Waals surface area contributed by atoms with Crippen molar-refractivity contribution in [3.8, 4) is 5.75 Å². The molecule has 1 aliphatic heterocycles. The van der Waals surface area contributed by atoms with E-state index in [0.717, 1.165) is 12.8 Å². The van der Waals surface area contributed by atoms with Gasteiger partial charge in [0.05, 0.1) is 18.3 Å². The molecule has 7 nitrogen and oxygen atoms in total. The third-order valence-corrected chi connectivity index (χ3v) is 4.98. The van der Waals surface area contributed by atoms with Crippen LogP contribution in [0.25, 0.3) is 0 Å². The van der Waals surface area contributed by atoms with E-state index in [2.05, 4.69) is 9.97 Å². The van der Waals surface area contributed by atoms with E-state index in [-0.39, 0.29) is 18.1 Å². The minimum atomic E-state index is -0.130. The normalized spacial score (nSPS) is 22.6. The summed E-state index contributed by atoms with van der Waals surface area (Å²) >= 11 is 0. The third-order valence-electron chi connectivity index (χ3n) is 4.98. The number of ether oxygens (including phenoxy) is 2. The third kappa shape index (κ3) is 3.88. The number of carbonyl (C=O) groups is 1. The largest absolute Gasteiger partial charge is 0.490 e. The van der Waals surface area contributed by atoms with Gasteiger partial charge < -0.3 is 18.8 Å². The van der Waals surface area contributed by atoms with Crippen molar-refractivity contribution in [1.82, 2.24) is 14.9 Å². The molecule has 2 aliphatic rings. The van der Waals surface area contributed by atoms with Gasteiger partial charge in [-0.25, -0.2) is 4.98 Å². The fourth-order valence-corrected chi connectivity index (χ4v) is 3.30. The molecule has 0 aromatic carbocycles. The zero-order valence-electron chi connectivity index (χ0n) is 14.8. The van der Waals surface area contributed by atoms with Gasteiger partial charge in [-0.3, -0.25) is 9.78 Å². The summed E-state index contributed by atoms with van der Waals surface area (Å²) in [5.74, 6) is 1.88. The van der Waals surface area contributed by atoms with E-state index in [1.165, 1.54) is 19.1 Å². The highest BCUT2D eigenvalue weighted by atomic mass is 16.5. The number of nitrogens with zero attached hydrogens (tertiary/aromatic N) is 3. The number of hydrogen-bond donors (Lipinski definition) is 0. The molecule has 7 heteroatoms. The van der Waals surface area contributed by atoms with E-state index >= 15 is 0 Å². The van der Waals surface area contributed by atoms with Gasteiger partial charge in [-0.2, -0.15) is 0 Å². The number of carbonyl (C=O) groups excluding carboxylic acids is 1. The molecular formula is C19H23N3O4. The minimum absolute atomic E-state index is 0.000663. The van der Waals surface area contributed by atoms with Crippen molar-refractivity contribution >= 4 is 5.91 Å². The molecule has 0 radical (unpaired) electrons. The van der Waals surface area contributed by atoms with Crippen LogP contribution in [0.4, 0.5) is 0 Å². The number of oxazole rings is 1. The SMILES string of the molecule is CO[C@@H]1C[C@@H](COc2cccnc2)N(C(=O)c2coc(CC3CC3)n2)C1. The Morgan fingerprint density at radius 1 is 1.42 bits per heavy atom. The number of hydrogen-bond acceptors (Lipinski definition) is 6. The van der Waals surface area contributed by atoms with Crippen LogP contribution in [0, 0.1) is 5.92 Å². The van der Waals surface area contributed by atoms with Crippen LogP contribution in [0.2, 0.25) is 0 Å². The van der Waals surface area contributed by atoms with Gasteiger partial charge in [-0.05, 0) is 37.3 Å². The molecule has 0 spiro atoms. The van der Waals surface area contributed by atoms with Crippen LogP contribution in [-0.4, -0.2) is 53.2 Å². The fourth-order valence-electron chi connectivity index (χ4n) is 3.30. The zero-order chi connectivity index (χ0) is 17.9. The van der Waals surface area contributed by atoms with Crippen LogP contribution in [0.3, 0.4) is 0 Å². The molecule has 138 valence electrons. The van der Waals surface area contributed by atoms with Crippen LogP contribution in [0.1, 0.15) is 35.6 Å². The fraction of sp³-hybridized carbons (Fsp3) is 0.526. The van der Waals surface area contributed by atoms with Crippen LogP contribution >= 0.6 is 0 Å². The van der Waals surface area contributed by atoms with Gasteiger partial charge in [0, 0.05) is 26.3 Å². The molecule has 2 aromatic heterocycles. The number of rotatable bonds is 7. The van der Waals surface area contributed by atoms with Crippen molar-refractivity contribution < 1.29 is 18.7 Å². The van der Waals surface area contributed by atoms with Gasteiger partial charge in [0.1, 0.15) is 18.6 Å². The molecule has 2 atom stereocenters. The Morgan fingerprint density at radius 2 is 2.31 bits per heavy atom. The van der Waals surface area contributed by atoms with Crippen molar-refractivity contribution in [2.45, 2.75) is 37.8 Å². The first-order chi connectivity index (χ1) is 12.7. The summed E-state index contributed by atoms with van der Waals surface area (Å²) in [5.41, 5.74) is 0.365. The Morgan fingerprint density at radius 3 is 3.04 bits per heavy atom. The summed E-state index contributed by atoms with van der Waals surface area (Å²) < 4.78 is 16.8. The maximum Gasteiger partial charge on any atom is 0.276 e. The molecule has 0 N–H and O–H groups in total. The maximum absolute atomic E-state index is 12.9. The molecule has 1 saturated carbocycles. The Hall–Kier alpha value is -2.41. The summed E-state index contributed by atoms with van der Waals surface area (Å²) in [6.45, 7) is 0.922. The van der Waals surface area contributed by atoms with Crippen molar-refractivity contribution in [2.24, 2.45) is 5.92 Å². The number of amides is 1. The minimum Gasteiger partial charge on any atom is -0.490 e. The highest BCUT2D eigenvalue weighted by Gasteiger charge is 2.37. The Bertz CT molecular complexity index is 744. The smallest absolute Gasteiger partial charge is 0.276 e. The summed E-state index contributed by atoms with van der Waals surface area (Å²) in [5, 5.41) is 0. The molecule has 3 heterocycles. The molecule has 0 unspecified atom stereocenters. The van der Waals surface area contributed by atoms with E-state index in [1.807, 2.05) is 12.1 Å². The summed E-state index contributed by atoms with van der Waals surface area (Å²) in [7, 11) is 1.67. The van der Waals surface area contributed by atoms with Gasteiger partial charge in [0.2, 0.25) is 0 Å². The van der Waals surface area contributed by atoms with Gasteiger partial charge in [-0.1, -0.05) is 0 Å². The molecule has 0 bridgehead atoms. The number of likely N-dealkylation sites (tertiary alicyclic amines) is 1. The first-order valence-corrected chi connectivity index (χ1v) is 9.04. The second-order valence-electron chi connectivity index (χ2n) is 6.98. The van der Waals surface area contributed by atoms with E-state index in [0.29, 0.717) is 36.4 Å². The van der Waals surface area contributed by atoms with Gasteiger partial charge in [0.25, 0.3) is 5.91 Å². The van der Waals surface area contributed by atoms with Crippen LogP contribution in [0.15, 0.2) is 35.2 Å². The highest BCUT2D eigenvalue weighted by molar-refractivity contribution is 5.92. The molecule has 2 fully saturated rings. The van der Waals surface area contributed by atoms with Crippen LogP contribution < -0.4 is 4.74 Å². The summed E-state index contributed by atoms with van der Waals surface area (Å²) in [4.78, 5) is 23.1.